The third kappa shape index (κ3) is 2.87. The Morgan fingerprint density at radius 3 is 2.27 bits per heavy atom. The molecule has 1 heterocycles. The van der Waals surface area contributed by atoms with Crippen LogP contribution in [0.4, 0.5) is 0 Å². The number of likely N-dealkylation sites (tertiary alicyclic amines) is 1. The van der Waals surface area contributed by atoms with E-state index in [1.807, 2.05) is 0 Å². The van der Waals surface area contributed by atoms with Gasteiger partial charge in [0.15, 0.2) is 0 Å². The van der Waals surface area contributed by atoms with Gasteiger partial charge in [0.1, 0.15) is 12.2 Å². The third-order valence-electron chi connectivity index (χ3n) is 2.82. The van der Waals surface area contributed by atoms with Gasteiger partial charge in [-0.3, -0.25) is 4.90 Å². The molecule has 90 valence electrons. The number of nitrogens with zero attached hydrogens (tertiary/aromatic N) is 1. The van der Waals surface area contributed by atoms with Gasteiger partial charge in [-0.05, 0) is 6.42 Å². The molecular weight excluding hydrogens is 202 g/mol. The average Bonchev–Trinajstić information content (AvgIpc) is 2.23. The number of hydrogen-bond acceptors (Lipinski definition) is 6. The van der Waals surface area contributed by atoms with Gasteiger partial charge in [0.25, 0.3) is 0 Å². The zero-order valence-electron chi connectivity index (χ0n) is 8.53. The first-order valence-corrected chi connectivity index (χ1v) is 5.11. The molecule has 0 spiro atoms. The second kappa shape index (κ2) is 5.74. The minimum Gasteiger partial charge on any atom is -0.396 e. The molecule has 0 aliphatic carbocycles. The lowest BCUT2D eigenvalue weighted by Gasteiger charge is -2.43. The summed E-state index contributed by atoms with van der Waals surface area (Å²) >= 11 is 0. The lowest BCUT2D eigenvalue weighted by atomic mass is 9.94. The molecule has 1 fully saturated rings. The standard InChI is InChI=1S/C9H19NO5/c11-3-1-2-10-4-7(13)9(15)8(14)6(10)5-12/h6-9,11-15H,1-5H2/t6-,7+,8-,9-/m1/s1. The number of rotatable bonds is 4. The smallest absolute Gasteiger partial charge is 0.109 e. The topological polar surface area (TPSA) is 104 Å². The van der Waals surface area contributed by atoms with Crippen molar-refractivity contribution < 1.29 is 25.5 Å². The highest BCUT2D eigenvalue weighted by Crippen LogP contribution is 2.18. The van der Waals surface area contributed by atoms with Gasteiger partial charge in [0.05, 0.1) is 18.8 Å². The first-order valence-electron chi connectivity index (χ1n) is 5.11. The molecule has 0 aromatic heterocycles. The summed E-state index contributed by atoms with van der Waals surface area (Å²) in [6.07, 6.45) is -2.88. The van der Waals surface area contributed by atoms with Gasteiger partial charge >= 0.3 is 0 Å². The third-order valence-corrected chi connectivity index (χ3v) is 2.82. The van der Waals surface area contributed by atoms with E-state index in [-0.39, 0.29) is 19.8 Å². The summed E-state index contributed by atoms with van der Waals surface area (Å²) in [7, 11) is 0. The fraction of sp³-hybridized carbons (Fsp3) is 1.00. The summed E-state index contributed by atoms with van der Waals surface area (Å²) in [6.45, 7) is 0.409. The van der Waals surface area contributed by atoms with Crippen LogP contribution in [0.5, 0.6) is 0 Å². The van der Waals surface area contributed by atoms with E-state index >= 15 is 0 Å². The van der Waals surface area contributed by atoms with E-state index in [4.69, 9.17) is 10.2 Å². The van der Waals surface area contributed by atoms with E-state index in [1.54, 1.807) is 4.90 Å². The fourth-order valence-corrected chi connectivity index (χ4v) is 1.91. The average molecular weight is 221 g/mol. The van der Waals surface area contributed by atoms with Crippen LogP contribution in [-0.4, -0.2) is 81.1 Å². The molecule has 15 heavy (non-hydrogen) atoms. The monoisotopic (exact) mass is 221 g/mol. The molecule has 0 unspecified atom stereocenters. The first kappa shape index (κ1) is 12.8. The molecule has 1 saturated heterocycles. The Hall–Kier alpha value is -0.240. The van der Waals surface area contributed by atoms with Gasteiger partial charge in [-0.15, -0.1) is 0 Å². The summed E-state index contributed by atoms with van der Waals surface area (Å²) in [5.41, 5.74) is 0. The molecule has 6 nitrogen and oxygen atoms in total. The summed E-state index contributed by atoms with van der Waals surface area (Å²) in [5.74, 6) is 0. The Labute approximate surface area is 88.4 Å². The maximum Gasteiger partial charge on any atom is 0.109 e. The first-order chi connectivity index (χ1) is 7.11. The van der Waals surface area contributed by atoms with Crippen molar-refractivity contribution in [1.82, 2.24) is 4.90 Å². The van der Waals surface area contributed by atoms with Gasteiger partial charge < -0.3 is 25.5 Å². The van der Waals surface area contributed by atoms with Crippen molar-refractivity contribution in [2.45, 2.75) is 30.8 Å². The van der Waals surface area contributed by atoms with E-state index in [2.05, 4.69) is 0 Å². The van der Waals surface area contributed by atoms with Crippen molar-refractivity contribution in [3.8, 4) is 0 Å². The van der Waals surface area contributed by atoms with Crippen LogP contribution in [0.25, 0.3) is 0 Å². The highest BCUT2D eigenvalue weighted by atomic mass is 16.4. The molecule has 0 radical (unpaired) electrons. The van der Waals surface area contributed by atoms with Gasteiger partial charge in [0, 0.05) is 19.7 Å². The molecule has 0 aromatic rings. The quantitative estimate of drug-likeness (QED) is 0.349. The zero-order valence-corrected chi connectivity index (χ0v) is 8.53. The van der Waals surface area contributed by atoms with Gasteiger partial charge in [-0.2, -0.15) is 0 Å². The predicted octanol–water partition coefficient (Wildman–Crippen LogP) is -2.87. The van der Waals surface area contributed by atoms with Gasteiger partial charge in [-0.1, -0.05) is 0 Å². The molecule has 0 saturated carbocycles. The van der Waals surface area contributed by atoms with E-state index in [9.17, 15) is 15.3 Å². The molecule has 0 aromatic carbocycles. The Balaban J connectivity index is 2.60. The lowest BCUT2D eigenvalue weighted by molar-refractivity contribution is -0.145. The Morgan fingerprint density at radius 1 is 1.07 bits per heavy atom. The second-order valence-corrected chi connectivity index (χ2v) is 3.87. The van der Waals surface area contributed by atoms with E-state index in [0.29, 0.717) is 13.0 Å². The Kier molecular flexibility index (Phi) is 4.91. The molecular formula is C9H19NO5. The van der Waals surface area contributed by atoms with Crippen molar-refractivity contribution in [2.24, 2.45) is 0 Å². The summed E-state index contributed by atoms with van der Waals surface area (Å²) < 4.78 is 0. The van der Waals surface area contributed by atoms with Crippen LogP contribution in [0.3, 0.4) is 0 Å². The van der Waals surface area contributed by atoms with Crippen LogP contribution in [0, 0.1) is 0 Å². The van der Waals surface area contributed by atoms with Crippen molar-refractivity contribution in [3.63, 3.8) is 0 Å². The van der Waals surface area contributed by atoms with Crippen molar-refractivity contribution >= 4 is 0 Å². The molecule has 1 aliphatic heterocycles. The number of hydrogen-bond donors (Lipinski definition) is 5. The fourth-order valence-electron chi connectivity index (χ4n) is 1.91. The molecule has 0 bridgehead atoms. The van der Waals surface area contributed by atoms with Crippen molar-refractivity contribution in [2.75, 3.05) is 26.3 Å². The molecule has 4 atom stereocenters. The SMILES string of the molecule is OCCCN1C[C@H](O)[C@@H](O)[C@H](O)[C@H]1CO. The number of piperidine rings is 1. The minimum absolute atomic E-state index is 0.0173. The van der Waals surface area contributed by atoms with Gasteiger partial charge in [-0.25, -0.2) is 0 Å². The molecule has 1 aliphatic rings. The number of β-amino-alcohol motifs (C(OH)–C–C–N with tert-alkyl or cyclic N) is 1. The normalized spacial score (nSPS) is 38.2. The maximum absolute atomic E-state index is 9.60. The Morgan fingerprint density at radius 2 is 1.73 bits per heavy atom. The van der Waals surface area contributed by atoms with E-state index in [0.717, 1.165) is 0 Å². The molecule has 5 N–H and O–H groups in total. The Bertz CT molecular complexity index is 191. The largest absolute Gasteiger partial charge is 0.396 e. The lowest BCUT2D eigenvalue weighted by Crippen LogP contribution is -2.62. The maximum atomic E-state index is 9.60. The molecule has 6 heteroatoms. The molecule has 1 rings (SSSR count). The van der Waals surface area contributed by atoms with Crippen molar-refractivity contribution in [1.29, 1.82) is 0 Å². The van der Waals surface area contributed by atoms with Crippen LogP contribution >= 0.6 is 0 Å². The summed E-state index contributed by atoms with van der Waals surface area (Å²) in [6, 6.07) is -0.574. The van der Waals surface area contributed by atoms with Crippen LogP contribution < -0.4 is 0 Å². The highest BCUT2D eigenvalue weighted by Gasteiger charge is 2.40. The zero-order chi connectivity index (χ0) is 11.4. The second-order valence-electron chi connectivity index (χ2n) is 3.87. The molecule has 0 amide bonds. The highest BCUT2D eigenvalue weighted by molar-refractivity contribution is 4.93. The van der Waals surface area contributed by atoms with Crippen molar-refractivity contribution in [3.05, 3.63) is 0 Å². The van der Waals surface area contributed by atoms with E-state index < -0.39 is 24.4 Å². The number of aliphatic hydroxyl groups is 5. The van der Waals surface area contributed by atoms with Crippen LogP contribution in [0.15, 0.2) is 0 Å². The summed E-state index contributed by atoms with van der Waals surface area (Å²) in [4.78, 5) is 1.68. The number of aliphatic hydroxyl groups excluding tert-OH is 5. The predicted molar refractivity (Wildman–Crippen MR) is 52.2 cm³/mol. The van der Waals surface area contributed by atoms with Crippen LogP contribution in [-0.2, 0) is 0 Å². The van der Waals surface area contributed by atoms with Gasteiger partial charge in [0.2, 0.25) is 0 Å². The minimum atomic E-state index is -1.22. The summed E-state index contributed by atoms with van der Waals surface area (Å²) in [5, 5.41) is 46.2. The van der Waals surface area contributed by atoms with Crippen LogP contribution in [0.2, 0.25) is 0 Å². The van der Waals surface area contributed by atoms with Crippen LogP contribution in [0.1, 0.15) is 6.42 Å². The van der Waals surface area contributed by atoms with E-state index in [1.165, 1.54) is 0 Å².